The summed E-state index contributed by atoms with van der Waals surface area (Å²) in [6.45, 7) is 5.37. The molecular formula is C31H33N9O3S. The Hall–Kier alpha value is -4.80. The lowest BCUT2D eigenvalue weighted by Gasteiger charge is -2.29. The number of pyridine rings is 1. The summed E-state index contributed by atoms with van der Waals surface area (Å²) in [6.07, 6.45) is 8.54. The van der Waals surface area contributed by atoms with Crippen molar-refractivity contribution in [1.82, 2.24) is 29.4 Å². The average Bonchev–Trinajstić information content (AvgIpc) is 3.66. The lowest BCUT2D eigenvalue weighted by molar-refractivity contribution is 0.0577. The van der Waals surface area contributed by atoms with Crippen LogP contribution in [0.2, 0.25) is 0 Å². The first-order valence-electron chi connectivity index (χ1n) is 14.2. The fourth-order valence-corrected chi connectivity index (χ4v) is 6.99. The number of hydrogen-bond donors (Lipinski definition) is 1. The number of aromatic nitrogens is 6. The lowest BCUT2D eigenvalue weighted by atomic mass is 10.1. The first-order valence-corrected chi connectivity index (χ1v) is 16.0. The second-order valence-corrected chi connectivity index (χ2v) is 14.0. The Balaban J connectivity index is 1.22. The predicted molar refractivity (Wildman–Crippen MR) is 168 cm³/mol. The molecule has 44 heavy (non-hydrogen) atoms. The van der Waals surface area contributed by atoms with Crippen molar-refractivity contribution < 1.29 is 14.1 Å². The van der Waals surface area contributed by atoms with Crippen LogP contribution in [0.3, 0.4) is 0 Å². The number of methoxy groups -OCH3 is 1. The molecule has 0 amide bonds. The van der Waals surface area contributed by atoms with E-state index < -0.39 is 15.3 Å². The third-order valence-corrected chi connectivity index (χ3v) is 9.68. The monoisotopic (exact) mass is 611 g/mol. The Morgan fingerprint density at radius 1 is 1.05 bits per heavy atom. The maximum absolute atomic E-state index is 13.4. The van der Waals surface area contributed by atoms with Crippen LogP contribution in [-0.4, -0.2) is 76.0 Å². The third kappa shape index (κ3) is 6.27. The van der Waals surface area contributed by atoms with E-state index in [9.17, 15) is 14.6 Å². The van der Waals surface area contributed by atoms with E-state index in [0.717, 1.165) is 28.3 Å². The standard InChI is InChI=1S/C31H33N9O3S/c1-31(2,41)21-39-19-25(18-34-39)27-20-40-30(24(14-32)17-35-40)29(37-27)23-6-9-28(33-16-23)38-10-12-44(42,13-11-38)36-15-22-4-7-26(43-3)8-5-22/h4-9,16-20,41H,10-13,15,21H2,1-3H3. The molecule has 0 radical (unpaired) electrons. The van der Waals surface area contributed by atoms with Gasteiger partial charge >= 0.3 is 0 Å². The molecule has 0 saturated carbocycles. The van der Waals surface area contributed by atoms with E-state index in [0.29, 0.717) is 60.2 Å². The molecule has 1 N–H and O–H groups in total. The van der Waals surface area contributed by atoms with Crippen LogP contribution in [0.1, 0.15) is 25.0 Å². The number of benzene rings is 1. The van der Waals surface area contributed by atoms with Gasteiger partial charge in [-0.25, -0.2) is 23.1 Å². The summed E-state index contributed by atoms with van der Waals surface area (Å²) in [4.78, 5) is 11.8. The van der Waals surface area contributed by atoms with Crippen LogP contribution in [0.25, 0.3) is 28.0 Å². The number of anilines is 1. The van der Waals surface area contributed by atoms with Crippen LogP contribution in [0.4, 0.5) is 5.82 Å². The van der Waals surface area contributed by atoms with Crippen molar-refractivity contribution in [2.75, 3.05) is 36.6 Å². The van der Waals surface area contributed by atoms with Crippen molar-refractivity contribution in [1.29, 1.82) is 5.26 Å². The fraction of sp³-hybridized carbons (Fsp3) is 0.323. The number of nitriles is 1. The van der Waals surface area contributed by atoms with Gasteiger partial charge in [-0.3, -0.25) is 4.68 Å². The number of rotatable bonds is 8. The minimum Gasteiger partial charge on any atom is -0.497 e. The van der Waals surface area contributed by atoms with Gasteiger partial charge in [0, 0.05) is 48.1 Å². The molecule has 0 atom stereocenters. The van der Waals surface area contributed by atoms with E-state index in [-0.39, 0.29) is 0 Å². The molecule has 5 heterocycles. The largest absolute Gasteiger partial charge is 0.497 e. The van der Waals surface area contributed by atoms with Gasteiger partial charge in [0.15, 0.2) is 0 Å². The topological polar surface area (TPSA) is 147 Å². The minimum atomic E-state index is -2.31. The van der Waals surface area contributed by atoms with Gasteiger partial charge < -0.3 is 14.7 Å². The summed E-state index contributed by atoms with van der Waals surface area (Å²) in [6, 6.07) is 13.7. The summed E-state index contributed by atoms with van der Waals surface area (Å²) in [5.74, 6) is 2.50. The first kappa shape index (κ1) is 29.3. The molecule has 12 nitrogen and oxygen atoms in total. The highest BCUT2D eigenvalue weighted by Gasteiger charge is 2.23. The normalized spacial score (nSPS) is 14.8. The van der Waals surface area contributed by atoms with E-state index in [1.54, 1.807) is 48.7 Å². The Labute approximate surface area is 255 Å². The van der Waals surface area contributed by atoms with Gasteiger partial charge in [-0.1, -0.05) is 12.1 Å². The van der Waals surface area contributed by atoms with Gasteiger partial charge in [-0.05, 0) is 43.7 Å². The first-order chi connectivity index (χ1) is 21.1. The Kier molecular flexibility index (Phi) is 7.79. The van der Waals surface area contributed by atoms with Crippen LogP contribution in [0.5, 0.6) is 5.75 Å². The summed E-state index contributed by atoms with van der Waals surface area (Å²) in [5, 5.41) is 28.7. The summed E-state index contributed by atoms with van der Waals surface area (Å²) < 4.78 is 26.5. The van der Waals surface area contributed by atoms with Crippen LogP contribution < -0.4 is 9.64 Å². The Bertz CT molecular complexity index is 1950. The summed E-state index contributed by atoms with van der Waals surface area (Å²) in [5.41, 5.74) is 3.76. The molecular weight excluding hydrogens is 578 g/mol. The van der Waals surface area contributed by atoms with Gasteiger partial charge in [0.05, 0.1) is 65.5 Å². The molecule has 1 aliphatic rings. The number of nitrogens with zero attached hydrogens (tertiary/aromatic N) is 9. The van der Waals surface area contributed by atoms with E-state index >= 15 is 0 Å². The molecule has 4 aromatic heterocycles. The fourth-order valence-electron chi connectivity index (χ4n) is 5.13. The van der Waals surface area contributed by atoms with E-state index in [2.05, 4.69) is 25.5 Å². The van der Waals surface area contributed by atoms with Gasteiger partial charge in [0.1, 0.15) is 28.7 Å². The maximum atomic E-state index is 13.4. The molecule has 0 spiro atoms. The molecule has 13 heteroatoms. The van der Waals surface area contributed by atoms with Gasteiger partial charge in [0.25, 0.3) is 0 Å². The summed E-state index contributed by atoms with van der Waals surface area (Å²) in [7, 11) is -0.680. The van der Waals surface area contributed by atoms with Crippen molar-refractivity contribution in [2.45, 2.75) is 32.5 Å². The summed E-state index contributed by atoms with van der Waals surface area (Å²) >= 11 is 0. The van der Waals surface area contributed by atoms with Crippen molar-refractivity contribution in [3.8, 4) is 34.3 Å². The second-order valence-electron chi connectivity index (χ2n) is 11.4. The SMILES string of the molecule is COc1ccc(CN=S2(=O)CCN(c3ccc(-c4nc(-c5cnn(CC(C)(C)O)c5)cn5ncc(C#N)c45)cn3)CC2)cc1. The van der Waals surface area contributed by atoms with Crippen LogP contribution in [0, 0.1) is 11.3 Å². The molecule has 226 valence electrons. The Morgan fingerprint density at radius 3 is 2.48 bits per heavy atom. The molecule has 1 saturated heterocycles. The van der Waals surface area contributed by atoms with Crippen LogP contribution in [0.15, 0.2) is 71.7 Å². The molecule has 6 rings (SSSR count). The van der Waals surface area contributed by atoms with Gasteiger partial charge in [0.2, 0.25) is 0 Å². The quantitative estimate of drug-likeness (QED) is 0.277. The maximum Gasteiger partial charge on any atom is 0.128 e. The molecule has 1 fully saturated rings. The van der Waals surface area contributed by atoms with E-state index in [4.69, 9.17) is 14.7 Å². The molecule has 1 aliphatic heterocycles. The zero-order valence-corrected chi connectivity index (χ0v) is 25.6. The number of ether oxygens (including phenoxy) is 1. The molecule has 0 unspecified atom stereocenters. The van der Waals surface area contributed by atoms with Gasteiger partial charge in [-0.15, -0.1) is 0 Å². The Morgan fingerprint density at radius 2 is 1.82 bits per heavy atom. The molecule has 0 aliphatic carbocycles. The van der Waals surface area contributed by atoms with E-state index in [1.165, 1.54) is 6.20 Å². The molecule has 1 aromatic carbocycles. The van der Waals surface area contributed by atoms with Crippen LogP contribution >= 0.6 is 0 Å². The van der Waals surface area contributed by atoms with E-state index in [1.807, 2.05) is 42.6 Å². The zero-order valence-electron chi connectivity index (χ0n) is 24.8. The average molecular weight is 612 g/mol. The lowest BCUT2D eigenvalue weighted by Crippen LogP contribution is -2.40. The highest BCUT2D eigenvalue weighted by molar-refractivity contribution is 7.93. The smallest absolute Gasteiger partial charge is 0.128 e. The highest BCUT2D eigenvalue weighted by atomic mass is 32.2. The van der Waals surface area contributed by atoms with Crippen molar-refractivity contribution >= 4 is 21.1 Å². The molecule has 5 aromatic rings. The number of hydrogen-bond acceptors (Lipinski definition) is 10. The molecule has 0 bridgehead atoms. The van der Waals surface area contributed by atoms with Crippen molar-refractivity contribution in [3.63, 3.8) is 0 Å². The third-order valence-electron chi connectivity index (χ3n) is 7.44. The van der Waals surface area contributed by atoms with Crippen molar-refractivity contribution in [2.24, 2.45) is 4.36 Å². The predicted octanol–water partition coefficient (Wildman–Crippen LogP) is 3.79. The number of fused-ring (bicyclic) bond motifs is 1. The number of aliphatic hydroxyl groups is 1. The second kappa shape index (κ2) is 11.7. The zero-order chi connectivity index (χ0) is 30.9. The van der Waals surface area contributed by atoms with Crippen molar-refractivity contribution in [3.05, 3.63) is 78.5 Å². The van der Waals surface area contributed by atoms with Crippen LogP contribution in [-0.2, 0) is 22.8 Å². The van der Waals surface area contributed by atoms with Gasteiger partial charge in [-0.2, -0.15) is 15.5 Å². The highest BCUT2D eigenvalue weighted by Crippen LogP contribution is 2.30. The minimum absolute atomic E-state index is 0.329.